The molecule has 0 saturated carbocycles. The lowest BCUT2D eigenvalue weighted by atomic mass is 10.0. The molecule has 1 aromatic heterocycles. The summed E-state index contributed by atoms with van der Waals surface area (Å²) in [6, 6.07) is 26.0. The number of benzene rings is 4. The SMILES string of the molecule is COc1cc(C=NNC(=O)c2[nH]c3c(F)cccc3c2-c2ccccc2)ccc1OC(=O)c1cccc(C)c1. The van der Waals surface area contributed by atoms with Crippen molar-refractivity contribution in [1.29, 1.82) is 0 Å². The predicted octanol–water partition coefficient (Wildman–Crippen LogP) is 6.27. The second-order valence-corrected chi connectivity index (χ2v) is 8.77. The van der Waals surface area contributed by atoms with E-state index in [9.17, 15) is 14.0 Å². The summed E-state index contributed by atoms with van der Waals surface area (Å²) in [5.41, 5.74) is 6.24. The zero-order valence-corrected chi connectivity index (χ0v) is 21.2. The summed E-state index contributed by atoms with van der Waals surface area (Å²) in [6.07, 6.45) is 1.43. The molecule has 2 N–H and O–H groups in total. The smallest absolute Gasteiger partial charge is 0.343 e. The van der Waals surface area contributed by atoms with E-state index in [-0.39, 0.29) is 17.0 Å². The molecule has 0 radical (unpaired) electrons. The largest absolute Gasteiger partial charge is 0.493 e. The third-order valence-electron chi connectivity index (χ3n) is 6.10. The minimum absolute atomic E-state index is 0.189. The molecule has 39 heavy (non-hydrogen) atoms. The summed E-state index contributed by atoms with van der Waals surface area (Å²) < 4.78 is 25.4. The quantitative estimate of drug-likeness (QED) is 0.114. The minimum atomic E-state index is -0.531. The number of carbonyl (C=O) groups is 2. The van der Waals surface area contributed by atoms with Crippen molar-refractivity contribution in [1.82, 2.24) is 10.4 Å². The van der Waals surface area contributed by atoms with Crippen molar-refractivity contribution >= 4 is 29.0 Å². The zero-order chi connectivity index (χ0) is 27.4. The summed E-state index contributed by atoms with van der Waals surface area (Å²) >= 11 is 0. The zero-order valence-electron chi connectivity index (χ0n) is 21.2. The van der Waals surface area contributed by atoms with Crippen molar-refractivity contribution in [2.24, 2.45) is 5.10 Å². The lowest BCUT2D eigenvalue weighted by Crippen LogP contribution is -2.19. The van der Waals surface area contributed by atoms with Gasteiger partial charge in [0.1, 0.15) is 11.5 Å². The fraction of sp³-hybridized carbons (Fsp3) is 0.0645. The predicted molar refractivity (Wildman–Crippen MR) is 148 cm³/mol. The van der Waals surface area contributed by atoms with E-state index in [1.807, 2.05) is 43.3 Å². The van der Waals surface area contributed by atoms with E-state index < -0.39 is 17.7 Å². The van der Waals surface area contributed by atoms with Gasteiger partial charge in [0.2, 0.25) is 0 Å². The van der Waals surface area contributed by atoms with E-state index in [0.717, 1.165) is 11.1 Å². The Kier molecular flexibility index (Phi) is 7.18. The number of para-hydroxylation sites is 1. The van der Waals surface area contributed by atoms with Gasteiger partial charge in [0.05, 0.1) is 24.4 Å². The van der Waals surface area contributed by atoms with Gasteiger partial charge in [0, 0.05) is 10.9 Å². The molecular weight excluding hydrogens is 497 g/mol. The van der Waals surface area contributed by atoms with Crippen LogP contribution in [0.2, 0.25) is 0 Å². The van der Waals surface area contributed by atoms with Crippen LogP contribution < -0.4 is 14.9 Å². The topological polar surface area (TPSA) is 92.8 Å². The van der Waals surface area contributed by atoms with Crippen molar-refractivity contribution in [3.05, 3.63) is 119 Å². The molecular formula is C31H24FN3O4. The molecule has 4 aromatic carbocycles. The number of nitrogens with one attached hydrogen (secondary N) is 2. The highest BCUT2D eigenvalue weighted by Gasteiger charge is 2.20. The Morgan fingerprint density at radius 3 is 2.49 bits per heavy atom. The van der Waals surface area contributed by atoms with Gasteiger partial charge in [-0.05, 0) is 54.4 Å². The van der Waals surface area contributed by atoms with Crippen molar-refractivity contribution in [3.8, 4) is 22.6 Å². The Bertz CT molecular complexity index is 1710. The molecule has 0 aliphatic rings. The number of aromatic amines is 1. The van der Waals surface area contributed by atoms with Gasteiger partial charge in [0.25, 0.3) is 5.91 Å². The fourth-order valence-corrected chi connectivity index (χ4v) is 4.26. The first-order chi connectivity index (χ1) is 18.9. The average Bonchev–Trinajstić information content (AvgIpc) is 3.35. The van der Waals surface area contributed by atoms with Crippen LogP contribution in [0.4, 0.5) is 4.39 Å². The number of aryl methyl sites for hydroxylation is 1. The second-order valence-electron chi connectivity index (χ2n) is 8.77. The number of hydrogen-bond donors (Lipinski definition) is 2. The van der Waals surface area contributed by atoms with Gasteiger partial charge in [-0.3, -0.25) is 4.79 Å². The first-order valence-electron chi connectivity index (χ1n) is 12.1. The molecule has 0 saturated heterocycles. The molecule has 1 heterocycles. The summed E-state index contributed by atoms with van der Waals surface area (Å²) in [5, 5.41) is 4.66. The number of ether oxygens (including phenoxy) is 2. The lowest BCUT2D eigenvalue weighted by molar-refractivity contribution is 0.0729. The number of fused-ring (bicyclic) bond motifs is 1. The van der Waals surface area contributed by atoms with Crippen molar-refractivity contribution in [2.75, 3.05) is 7.11 Å². The van der Waals surface area contributed by atoms with E-state index in [2.05, 4.69) is 15.5 Å². The summed E-state index contributed by atoms with van der Waals surface area (Å²) in [5.74, 6) is -0.921. The maximum Gasteiger partial charge on any atom is 0.343 e. The van der Waals surface area contributed by atoms with E-state index in [0.29, 0.717) is 27.8 Å². The van der Waals surface area contributed by atoms with Crippen LogP contribution in [0.1, 0.15) is 32.0 Å². The molecule has 0 fully saturated rings. The van der Waals surface area contributed by atoms with Crippen LogP contribution in [-0.4, -0.2) is 30.2 Å². The Hall–Kier alpha value is -5.24. The normalized spacial score (nSPS) is 11.1. The molecule has 0 aliphatic carbocycles. The Labute approximate surface area is 223 Å². The molecule has 0 atom stereocenters. The molecule has 5 aromatic rings. The van der Waals surface area contributed by atoms with Crippen LogP contribution in [0.15, 0.2) is 96.1 Å². The van der Waals surface area contributed by atoms with Gasteiger partial charge < -0.3 is 14.5 Å². The van der Waals surface area contributed by atoms with Crippen LogP contribution in [0.5, 0.6) is 11.5 Å². The first kappa shape index (κ1) is 25.4. The van der Waals surface area contributed by atoms with Gasteiger partial charge in [-0.1, -0.05) is 60.2 Å². The van der Waals surface area contributed by atoms with Crippen molar-refractivity contribution < 1.29 is 23.5 Å². The molecule has 1 amide bonds. The van der Waals surface area contributed by atoms with E-state index in [1.165, 1.54) is 19.4 Å². The number of esters is 1. The van der Waals surface area contributed by atoms with Crippen LogP contribution in [0, 0.1) is 12.7 Å². The van der Waals surface area contributed by atoms with Crippen LogP contribution in [0.3, 0.4) is 0 Å². The molecule has 5 rings (SSSR count). The van der Waals surface area contributed by atoms with E-state index in [4.69, 9.17) is 9.47 Å². The number of carbonyl (C=O) groups excluding carboxylic acids is 2. The Morgan fingerprint density at radius 2 is 1.72 bits per heavy atom. The number of rotatable bonds is 7. The monoisotopic (exact) mass is 521 g/mol. The molecule has 0 unspecified atom stereocenters. The second kappa shape index (κ2) is 11.0. The number of amides is 1. The van der Waals surface area contributed by atoms with E-state index in [1.54, 1.807) is 48.5 Å². The third-order valence-corrected chi connectivity index (χ3v) is 6.10. The fourth-order valence-electron chi connectivity index (χ4n) is 4.26. The van der Waals surface area contributed by atoms with Gasteiger partial charge in [-0.2, -0.15) is 5.10 Å². The number of halogens is 1. The van der Waals surface area contributed by atoms with Gasteiger partial charge in [-0.25, -0.2) is 14.6 Å². The maximum absolute atomic E-state index is 14.5. The summed E-state index contributed by atoms with van der Waals surface area (Å²) in [6.45, 7) is 1.89. The van der Waals surface area contributed by atoms with Crippen molar-refractivity contribution in [2.45, 2.75) is 6.92 Å². The lowest BCUT2D eigenvalue weighted by Gasteiger charge is -2.10. The molecule has 0 bridgehead atoms. The van der Waals surface area contributed by atoms with Gasteiger partial charge >= 0.3 is 5.97 Å². The number of nitrogens with zero attached hydrogens (tertiary/aromatic N) is 1. The van der Waals surface area contributed by atoms with Crippen molar-refractivity contribution in [3.63, 3.8) is 0 Å². The summed E-state index contributed by atoms with van der Waals surface area (Å²) in [4.78, 5) is 28.6. The van der Waals surface area contributed by atoms with Crippen LogP contribution in [-0.2, 0) is 0 Å². The highest BCUT2D eigenvalue weighted by Crippen LogP contribution is 2.33. The van der Waals surface area contributed by atoms with Crippen LogP contribution in [0.25, 0.3) is 22.0 Å². The molecule has 0 spiro atoms. The number of H-pyrrole nitrogens is 1. The van der Waals surface area contributed by atoms with Gasteiger partial charge in [0.15, 0.2) is 11.5 Å². The molecule has 7 nitrogen and oxygen atoms in total. The first-order valence-corrected chi connectivity index (χ1v) is 12.1. The molecule has 8 heteroatoms. The van der Waals surface area contributed by atoms with Crippen LogP contribution >= 0.6 is 0 Å². The third kappa shape index (κ3) is 5.40. The Morgan fingerprint density at radius 1 is 0.923 bits per heavy atom. The van der Waals surface area contributed by atoms with E-state index >= 15 is 0 Å². The average molecular weight is 522 g/mol. The summed E-state index contributed by atoms with van der Waals surface area (Å²) in [7, 11) is 1.46. The standard InChI is InChI=1S/C31H24FN3O4/c1-19-8-6-11-22(16-19)31(37)39-25-15-14-20(17-26(25)38-2)18-33-35-30(36)29-27(21-9-4-3-5-10-21)23-12-7-13-24(32)28(23)34-29/h3-18,34H,1-2H3,(H,35,36). The molecule has 0 aliphatic heterocycles. The highest BCUT2D eigenvalue weighted by molar-refractivity contribution is 6.10. The highest BCUT2D eigenvalue weighted by atomic mass is 19.1. The van der Waals surface area contributed by atoms with Gasteiger partial charge in [-0.15, -0.1) is 0 Å². The number of methoxy groups -OCH3 is 1. The number of hydrazone groups is 1. The minimum Gasteiger partial charge on any atom is -0.493 e. The molecule has 194 valence electrons. The number of hydrogen-bond acceptors (Lipinski definition) is 5. The maximum atomic E-state index is 14.5. The number of aromatic nitrogens is 1. The Balaban J connectivity index is 1.35.